The number of carbonyl (C=O) groups is 2. The molecule has 12 heavy (non-hydrogen) atoms. The van der Waals surface area contributed by atoms with Gasteiger partial charge < -0.3 is 0 Å². The molecule has 0 atom stereocenters. The third-order valence-electron chi connectivity index (χ3n) is 1.57. The van der Waals surface area contributed by atoms with Gasteiger partial charge in [0.05, 0.1) is 5.56 Å². The maximum atomic E-state index is 11.1. The average Bonchev–Trinajstić information content (AvgIpc) is 2.41. The normalized spacial score (nSPS) is 15.0. The van der Waals surface area contributed by atoms with E-state index in [1.807, 2.05) is 0 Å². The molecular formula is C7H3NO3S. The summed E-state index contributed by atoms with van der Waals surface area (Å²) in [6, 6.07) is 0. The highest BCUT2D eigenvalue weighted by Gasteiger charge is 2.24. The summed E-state index contributed by atoms with van der Waals surface area (Å²) in [6.07, 6.45) is 2.49. The van der Waals surface area contributed by atoms with Crippen molar-refractivity contribution in [2.24, 2.45) is 0 Å². The summed E-state index contributed by atoms with van der Waals surface area (Å²) < 4.78 is 2.39. The molecule has 1 aliphatic carbocycles. The minimum Gasteiger partial charge on any atom is -0.286 e. The number of aromatic amines is 1. The molecule has 1 N–H and O–H groups in total. The number of allylic oxidation sites excluding steroid dienone is 1. The Bertz CT molecular complexity index is 451. The van der Waals surface area contributed by atoms with Crippen molar-refractivity contribution in [2.45, 2.75) is 0 Å². The number of H-pyrrole nitrogens is 1. The van der Waals surface area contributed by atoms with Crippen LogP contribution in [0.25, 0.3) is 6.08 Å². The van der Waals surface area contributed by atoms with E-state index in [1.165, 1.54) is 6.08 Å². The molecule has 0 amide bonds. The van der Waals surface area contributed by atoms with Crippen LogP contribution >= 0.6 is 11.5 Å². The van der Waals surface area contributed by atoms with Gasteiger partial charge in [-0.1, -0.05) is 11.5 Å². The molecule has 0 aliphatic heterocycles. The van der Waals surface area contributed by atoms with Crippen LogP contribution < -0.4 is 5.56 Å². The summed E-state index contributed by atoms with van der Waals surface area (Å²) in [7, 11) is 0. The number of carbonyl (C=O) groups excluding carboxylic acids is 2. The first kappa shape index (κ1) is 7.17. The van der Waals surface area contributed by atoms with Crippen LogP contribution in [0.4, 0.5) is 0 Å². The average molecular weight is 181 g/mol. The van der Waals surface area contributed by atoms with Gasteiger partial charge in [0.15, 0.2) is 0 Å². The molecule has 0 saturated carbocycles. The smallest absolute Gasteiger partial charge is 0.266 e. The fraction of sp³-hybridized carbons (Fsp3) is 0. The molecule has 5 heteroatoms. The zero-order chi connectivity index (χ0) is 8.72. The largest absolute Gasteiger partial charge is 0.286 e. The molecule has 2 rings (SSSR count). The molecule has 0 saturated heterocycles. The van der Waals surface area contributed by atoms with Gasteiger partial charge in [-0.05, 0) is 12.2 Å². The second kappa shape index (κ2) is 2.25. The number of hydrogen-bond donors (Lipinski definition) is 1. The maximum Gasteiger partial charge on any atom is 0.266 e. The first-order valence-electron chi connectivity index (χ1n) is 3.18. The molecule has 0 unspecified atom stereocenters. The molecule has 0 bridgehead atoms. The van der Waals surface area contributed by atoms with Gasteiger partial charge in [-0.25, -0.2) is 0 Å². The van der Waals surface area contributed by atoms with Crippen LogP contribution in [-0.4, -0.2) is 15.9 Å². The number of fused-ring (bicyclic) bond motifs is 1. The third kappa shape index (κ3) is 0.799. The SMILES string of the molecule is O=C1C=Cc2c(s[nH]c2=O)C1=O. The zero-order valence-corrected chi connectivity index (χ0v) is 6.60. The Morgan fingerprint density at radius 2 is 1.92 bits per heavy atom. The Labute approximate surface area is 70.7 Å². The van der Waals surface area contributed by atoms with Crippen LogP contribution in [0.2, 0.25) is 0 Å². The summed E-state index contributed by atoms with van der Waals surface area (Å²) in [5.74, 6) is -1.17. The molecule has 1 aliphatic rings. The van der Waals surface area contributed by atoms with Gasteiger partial charge in [0.2, 0.25) is 11.6 Å². The molecule has 0 spiro atoms. The van der Waals surface area contributed by atoms with Crippen LogP contribution in [0.3, 0.4) is 0 Å². The van der Waals surface area contributed by atoms with E-state index in [4.69, 9.17) is 0 Å². The van der Waals surface area contributed by atoms with E-state index in [2.05, 4.69) is 4.37 Å². The number of ketones is 2. The molecule has 0 radical (unpaired) electrons. The van der Waals surface area contributed by atoms with Gasteiger partial charge in [-0.3, -0.25) is 18.8 Å². The lowest BCUT2D eigenvalue weighted by Crippen LogP contribution is -2.16. The summed E-state index contributed by atoms with van der Waals surface area (Å²) in [5.41, 5.74) is -0.0169. The lowest BCUT2D eigenvalue weighted by Gasteiger charge is -1.97. The standard InChI is InChI=1S/C7H3NO3S/c9-4-2-1-3-6(5(4)10)12-8-7(3)11/h1-2H,(H,8,11). The lowest BCUT2D eigenvalue weighted by atomic mass is 10.1. The van der Waals surface area contributed by atoms with Crippen molar-refractivity contribution < 1.29 is 9.59 Å². The van der Waals surface area contributed by atoms with E-state index in [-0.39, 0.29) is 10.4 Å². The van der Waals surface area contributed by atoms with Gasteiger partial charge in [0, 0.05) is 0 Å². The van der Waals surface area contributed by atoms with E-state index in [9.17, 15) is 14.4 Å². The van der Waals surface area contributed by atoms with Crippen LogP contribution in [0.5, 0.6) is 0 Å². The second-order valence-electron chi connectivity index (χ2n) is 2.30. The topological polar surface area (TPSA) is 67.0 Å². The number of Topliss-reactive ketones (excluding diaryl/α,β-unsaturated/α-hetero) is 1. The third-order valence-corrected chi connectivity index (χ3v) is 2.46. The van der Waals surface area contributed by atoms with Crippen molar-refractivity contribution in [3.63, 3.8) is 0 Å². The molecule has 1 heterocycles. The van der Waals surface area contributed by atoms with Crippen molar-refractivity contribution >= 4 is 29.2 Å². The van der Waals surface area contributed by atoms with Crippen molar-refractivity contribution in [1.29, 1.82) is 0 Å². The molecule has 0 fully saturated rings. The van der Waals surface area contributed by atoms with Gasteiger partial charge >= 0.3 is 0 Å². The Morgan fingerprint density at radius 3 is 2.67 bits per heavy atom. The first-order valence-corrected chi connectivity index (χ1v) is 4.00. The summed E-state index contributed by atoms with van der Waals surface area (Å²) >= 11 is 0.905. The highest BCUT2D eigenvalue weighted by molar-refractivity contribution is 7.09. The quantitative estimate of drug-likeness (QED) is 0.582. The van der Waals surface area contributed by atoms with Gasteiger partial charge in [0.25, 0.3) is 5.56 Å². The van der Waals surface area contributed by atoms with Crippen LogP contribution in [0.15, 0.2) is 10.9 Å². The summed E-state index contributed by atoms with van der Waals surface area (Å²) in [5, 5.41) is 0. The number of nitrogens with one attached hydrogen (secondary N) is 1. The molecular weight excluding hydrogens is 178 g/mol. The Kier molecular flexibility index (Phi) is 1.34. The van der Waals surface area contributed by atoms with Crippen molar-refractivity contribution in [3.8, 4) is 0 Å². The zero-order valence-electron chi connectivity index (χ0n) is 5.79. The van der Waals surface area contributed by atoms with Crippen molar-refractivity contribution in [1.82, 2.24) is 4.37 Å². The fourth-order valence-corrected chi connectivity index (χ4v) is 1.75. The molecule has 1 aromatic heterocycles. The Morgan fingerprint density at radius 1 is 1.17 bits per heavy atom. The number of hydrogen-bond acceptors (Lipinski definition) is 4. The predicted molar refractivity (Wildman–Crippen MR) is 43.3 cm³/mol. The van der Waals surface area contributed by atoms with Gasteiger partial charge in [-0.15, -0.1) is 0 Å². The minimum atomic E-state index is -0.601. The van der Waals surface area contributed by atoms with E-state index >= 15 is 0 Å². The molecule has 1 aromatic rings. The number of rotatable bonds is 0. The van der Waals surface area contributed by atoms with Crippen molar-refractivity contribution in [2.75, 3.05) is 0 Å². The maximum absolute atomic E-state index is 11.1. The predicted octanol–water partition coefficient (Wildman–Crippen LogP) is 0.215. The lowest BCUT2D eigenvalue weighted by molar-refractivity contribution is -0.110. The monoisotopic (exact) mass is 181 g/mol. The van der Waals surface area contributed by atoms with Gasteiger partial charge in [0.1, 0.15) is 4.88 Å². The van der Waals surface area contributed by atoms with Crippen LogP contribution in [-0.2, 0) is 4.79 Å². The fourth-order valence-electron chi connectivity index (χ4n) is 0.977. The molecule has 60 valence electrons. The van der Waals surface area contributed by atoms with E-state index < -0.39 is 11.6 Å². The van der Waals surface area contributed by atoms with E-state index in [1.54, 1.807) is 0 Å². The van der Waals surface area contributed by atoms with Gasteiger partial charge in [-0.2, -0.15) is 0 Å². The first-order chi connectivity index (χ1) is 5.70. The minimum absolute atomic E-state index is 0.215. The highest BCUT2D eigenvalue weighted by atomic mass is 32.1. The van der Waals surface area contributed by atoms with Crippen LogP contribution in [0.1, 0.15) is 15.2 Å². The highest BCUT2D eigenvalue weighted by Crippen LogP contribution is 2.16. The molecule has 0 aromatic carbocycles. The van der Waals surface area contributed by atoms with E-state index in [0.29, 0.717) is 5.56 Å². The Balaban J connectivity index is 2.77. The summed E-state index contributed by atoms with van der Waals surface area (Å²) in [4.78, 5) is 33.1. The van der Waals surface area contributed by atoms with Crippen molar-refractivity contribution in [3.05, 3.63) is 26.9 Å². The second-order valence-corrected chi connectivity index (χ2v) is 3.12. The van der Waals surface area contributed by atoms with Crippen LogP contribution in [0, 0.1) is 0 Å². The van der Waals surface area contributed by atoms with E-state index in [0.717, 1.165) is 17.6 Å². The number of aromatic nitrogens is 1. The molecule has 4 nitrogen and oxygen atoms in total. The Hall–Kier alpha value is -1.49. The summed E-state index contributed by atoms with van der Waals surface area (Å²) in [6.45, 7) is 0.